The van der Waals surface area contributed by atoms with Crippen molar-refractivity contribution >= 4 is 5.97 Å². The maximum atomic E-state index is 11.3. The van der Waals surface area contributed by atoms with Crippen molar-refractivity contribution < 1.29 is 14.6 Å². The topological polar surface area (TPSA) is 72.5 Å². The Hall–Kier alpha value is -1.39. The minimum atomic E-state index is -0.617. The predicted molar refractivity (Wildman–Crippen MR) is 55.9 cm³/mol. The summed E-state index contributed by atoms with van der Waals surface area (Å²) < 4.78 is 4.99. The monoisotopic (exact) mass is 209 g/mol. The molecule has 1 unspecified atom stereocenters. The van der Waals surface area contributed by atoms with Crippen LogP contribution in [0.25, 0.3) is 0 Å². The lowest BCUT2D eigenvalue weighted by atomic mass is 10.1. The lowest BCUT2D eigenvalue weighted by Gasteiger charge is -2.10. The summed E-state index contributed by atoms with van der Waals surface area (Å²) in [6.07, 6.45) is 0. The zero-order valence-electron chi connectivity index (χ0n) is 8.43. The minimum Gasteiger partial charge on any atom is -0.460 e. The van der Waals surface area contributed by atoms with E-state index in [1.54, 1.807) is 0 Å². The van der Waals surface area contributed by atoms with E-state index in [1.807, 2.05) is 30.3 Å². The SMILES string of the molecule is NCC(CO)C(=O)OCc1ccccc1. The largest absolute Gasteiger partial charge is 0.460 e. The van der Waals surface area contributed by atoms with Crippen molar-refractivity contribution in [2.75, 3.05) is 13.2 Å². The zero-order valence-corrected chi connectivity index (χ0v) is 8.43. The first-order valence-electron chi connectivity index (χ1n) is 4.79. The van der Waals surface area contributed by atoms with Crippen molar-refractivity contribution in [3.05, 3.63) is 35.9 Å². The van der Waals surface area contributed by atoms with Gasteiger partial charge < -0.3 is 15.6 Å². The van der Waals surface area contributed by atoms with Gasteiger partial charge in [-0.3, -0.25) is 4.79 Å². The molecule has 0 heterocycles. The number of aliphatic hydroxyl groups is 1. The van der Waals surface area contributed by atoms with E-state index >= 15 is 0 Å². The standard InChI is InChI=1S/C11H15NO3/c12-6-10(7-13)11(14)15-8-9-4-2-1-3-5-9/h1-5,10,13H,6-8,12H2. The van der Waals surface area contributed by atoms with Gasteiger partial charge in [-0.2, -0.15) is 0 Å². The molecule has 0 fully saturated rings. The van der Waals surface area contributed by atoms with Crippen LogP contribution < -0.4 is 5.73 Å². The molecule has 3 N–H and O–H groups in total. The van der Waals surface area contributed by atoms with Crippen molar-refractivity contribution in [2.24, 2.45) is 11.7 Å². The Morgan fingerprint density at radius 2 is 2.07 bits per heavy atom. The van der Waals surface area contributed by atoms with Gasteiger partial charge in [0.1, 0.15) is 6.61 Å². The molecular weight excluding hydrogens is 194 g/mol. The van der Waals surface area contributed by atoms with E-state index in [2.05, 4.69) is 0 Å². The first-order chi connectivity index (χ1) is 7.27. The summed E-state index contributed by atoms with van der Waals surface area (Å²) in [5.41, 5.74) is 6.21. The molecule has 0 aliphatic heterocycles. The number of carbonyl (C=O) groups excluding carboxylic acids is 1. The van der Waals surface area contributed by atoms with E-state index in [0.717, 1.165) is 5.56 Å². The molecule has 1 rings (SSSR count). The van der Waals surface area contributed by atoms with Gasteiger partial charge in [0, 0.05) is 6.54 Å². The van der Waals surface area contributed by atoms with Gasteiger partial charge in [-0.05, 0) is 5.56 Å². The summed E-state index contributed by atoms with van der Waals surface area (Å²) in [5.74, 6) is -1.07. The third-order valence-electron chi connectivity index (χ3n) is 2.06. The summed E-state index contributed by atoms with van der Waals surface area (Å²) in [7, 11) is 0. The molecule has 0 aliphatic carbocycles. The molecule has 1 aromatic rings. The van der Waals surface area contributed by atoms with Crippen molar-refractivity contribution in [1.82, 2.24) is 0 Å². The van der Waals surface area contributed by atoms with Crippen LogP contribution in [0.2, 0.25) is 0 Å². The van der Waals surface area contributed by atoms with Crippen LogP contribution in [-0.4, -0.2) is 24.2 Å². The van der Waals surface area contributed by atoms with Crippen molar-refractivity contribution in [3.8, 4) is 0 Å². The van der Waals surface area contributed by atoms with Crippen molar-refractivity contribution in [3.63, 3.8) is 0 Å². The van der Waals surface area contributed by atoms with Crippen LogP contribution in [0.1, 0.15) is 5.56 Å². The second kappa shape index (κ2) is 6.16. The quantitative estimate of drug-likeness (QED) is 0.684. The Balaban J connectivity index is 2.40. The lowest BCUT2D eigenvalue weighted by molar-refractivity contribution is -0.150. The highest BCUT2D eigenvalue weighted by Gasteiger charge is 2.16. The lowest BCUT2D eigenvalue weighted by Crippen LogP contribution is -2.28. The summed E-state index contributed by atoms with van der Waals surface area (Å²) in [6, 6.07) is 9.36. The molecule has 0 aromatic heterocycles. The maximum Gasteiger partial charge on any atom is 0.312 e. The van der Waals surface area contributed by atoms with Crippen LogP contribution in [0.4, 0.5) is 0 Å². The van der Waals surface area contributed by atoms with Crippen molar-refractivity contribution in [1.29, 1.82) is 0 Å². The molecule has 0 spiro atoms. The molecular formula is C11H15NO3. The summed E-state index contributed by atoms with van der Waals surface area (Å²) >= 11 is 0. The van der Waals surface area contributed by atoms with Crippen LogP contribution >= 0.6 is 0 Å². The Morgan fingerprint density at radius 1 is 1.40 bits per heavy atom. The average molecular weight is 209 g/mol. The number of aliphatic hydroxyl groups excluding tert-OH is 1. The molecule has 0 bridgehead atoms. The van der Waals surface area contributed by atoms with Crippen LogP contribution in [0.15, 0.2) is 30.3 Å². The second-order valence-electron chi connectivity index (χ2n) is 3.21. The molecule has 1 aromatic carbocycles. The van der Waals surface area contributed by atoms with Gasteiger partial charge in [0.25, 0.3) is 0 Å². The van der Waals surface area contributed by atoms with E-state index in [9.17, 15) is 4.79 Å². The minimum absolute atomic E-state index is 0.101. The molecule has 15 heavy (non-hydrogen) atoms. The van der Waals surface area contributed by atoms with Gasteiger partial charge in [-0.15, -0.1) is 0 Å². The number of nitrogens with two attached hydrogens (primary N) is 1. The van der Waals surface area contributed by atoms with Gasteiger partial charge in [-0.1, -0.05) is 30.3 Å². The number of rotatable bonds is 5. The number of benzene rings is 1. The van der Waals surface area contributed by atoms with Gasteiger partial charge >= 0.3 is 5.97 Å². The normalized spacial score (nSPS) is 12.1. The Labute approximate surface area is 88.7 Å². The van der Waals surface area contributed by atoms with Crippen LogP contribution in [0.3, 0.4) is 0 Å². The predicted octanol–water partition coefficient (Wildman–Crippen LogP) is 0.297. The third kappa shape index (κ3) is 3.69. The highest BCUT2D eigenvalue weighted by Crippen LogP contribution is 2.03. The summed E-state index contributed by atoms with van der Waals surface area (Å²) in [4.78, 5) is 11.3. The Bertz CT molecular complexity index is 296. The molecule has 4 nitrogen and oxygen atoms in total. The van der Waals surface area contributed by atoms with E-state index in [4.69, 9.17) is 15.6 Å². The molecule has 4 heteroatoms. The smallest absolute Gasteiger partial charge is 0.312 e. The van der Waals surface area contributed by atoms with Gasteiger partial charge in [0.2, 0.25) is 0 Å². The maximum absolute atomic E-state index is 11.3. The zero-order chi connectivity index (χ0) is 11.1. The molecule has 0 saturated heterocycles. The molecule has 1 atom stereocenters. The van der Waals surface area contributed by atoms with Gasteiger partial charge in [0.05, 0.1) is 12.5 Å². The summed E-state index contributed by atoms with van der Waals surface area (Å²) in [6.45, 7) is 0.0461. The molecule has 0 radical (unpaired) electrons. The van der Waals surface area contributed by atoms with Gasteiger partial charge in [-0.25, -0.2) is 0 Å². The molecule has 0 aliphatic rings. The van der Waals surface area contributed by atoms with E-state index in [1.165, 1.54) is 0 Å². The fourth-order valence-corrected chi connectivity index (χ4v) is 1.09. The first kappa shape index (κ1) is 11.7. The highest BCUT2D eigenvalue weighted by atomic mass is 16.5. The molecule has 0 amide bonds. The van der Waals surface area contributed by atoms with Crippen LogP contribution in [-0.2, 0) is 16.1 Å². The summed E-state index contributed by atoms with van der Waals surface area (Å²) in [5, 5.41) is 8.81. The molecule has 82 valence electrons. The Kier molecular flexibility index (Phi) is 4.80. The molecule has 0 saturated carbocycles. The number of hydrogen-bond acceptors (Lipinski definition) is 4. The fraction of sp³-hybridized carbons (Fsp3) is 0.364. The van der Waals surface area contributed by atoms with Crippen LogP contribution in [0.5, 0.6) is 0 Å². The van der Waals surface area contributed by atoms with Gasteiger partial charge in [0.15, 0.2) is 0 Å². The third-order valence-corrected chi connectivity index (χ3v) is 2.06. The second-order valence-corrected chi connectivity index (χ2v) is 3.21. The average Bonchev–Trinajstić information content (AvgIpc) is 2.29. The van der Waals surface area contributed by atoms with Crippen LogP contribution in [0, 0.1) is 5.92 Å². The fourth-order valence-electron chi connectivity index (χ4n) is 1.09. The van der Waals surface area contributed by atoms with E-state index < -0.39 is 11.9 Å². The van der Waals surface area contributed by atoms with E-state index in [0.29, 0.717) is 0 Å². The van der Waals surface area contributed by atoms with Crippen molar-refractivity contribution in [2.45, 2.75) is 6.61 Å². The number of carbonyl (C=O) groups is 1. The first-order valence-corrected chi connectivity index (χ1v) is 4.79. The highest BCUT2D eigenvalue weighted by molar-refractivity contribution is 5.72. The number of esters is 1. The Morgan fingerprint density at radius 3 is 2.60 bits per heavy atom. The van der Waals surface area contributed by atoms with E-state index in [-0.39, 0.29) is 19.8 Å². The number of ether oxygens (including phenoxy) is 1. The number of hydrogen-bond donors (Lipinski definition) is 2.